The number of hydrogen-bond donors (Lipinski definition) is 5. The van der Waals surface area contributed by atoms with E-state index in [9.17, 15) is 4.79 Å². The topological polar surface area (TPSA) is 118 Å². The highest BCUT2D eigenvalue weighted by Gasteiger charge is 2.20. The Hall–Kier alpha value is -2.11. The highest BCUT2D eigenvalue weighted by Crippen LogP contribution is 2.43. The van der Waals surface area contributed by atoms with Crippen LogP contribution in [0.25, 0.3) is 0 Å². The SMILES string of the molecule is O=C(O)c1cc(O)c(O)c(O)c1O. The average molecular weight is 186 g/mol. The van der Waals surface area contributed by atoms with E-state index in [1.165, 1.54) is 0 Å². The first-order chi connectivity index (χ1) is 5.95. The molecule has 5 N–H and O–H groups in total. The number of carbonyl (C=O) groups is 1. The third kappa shape index (κ3) is 1.28. The first-order valence-corrected chi connectivity index (χ1v) is 3.15. The maximum Gasteiger partial charge on any atom is 0.339 e. The fourth-order valence-electron chi connectivity index (χ4n) is 0.797. The molecule has 0 radical (unpaired) electrons. The molecule has 1 aromatic rings. The number of aromatic hydroxyl groups is 4. The minimum atomic E-state index is -1.52. The molecular weight excluding hydrogens is 180 g/mol. The van der Waals surface area contributed by atoms with Gasteiger partial charge in [0.25, 0.3) is 0 Å². The fraction of sp³-hybridized carbons (Fsp3) is 0. The van der Waals surface area contributed by atoms with E-state index < -0.39 is 34.5 Å². The minimum Gasteiger partial charge on any atom is -0.504 e. The molecule has 0 aliphatic heterocycles. The second-order valence-corrected chi connectivity index (χ2v) is 2.29. The molecular formula is C7H6O6. The molecule has 6 heteroatoms. The summed E-state index contributed by atoms with van der Waals surface area (Å²) in [6, 6.07) is 0.632. The van der Waals surface area contributed by atoms with Crippen molar-refractivity contribution in [1.29, 1.82) is 0 Å². The summed E-state index contributed by atoms with van der Waals surface area (Å²) in [4.78, 5) is 10.4. The normalized spacial score (nSPS) is 9.85. The van der Waals surface area contributed by atoms with Crippen LogP contribution in [0.15, 0.2) is 6.07 Å². The van der Waals surface area contributed by atoms with Gasteiger partial charge in [0.2, 0.25) is 11.5 Å². The number of hydrogen-bond acceptors (Lipinski definition) is 5. The van der Waals surface area contributed by atoms with Crippen LogP contribution in [0, 0.1) is 0 Å². The van der Waals surface area contributed by atoms with Crippen LogP contribution < -0.4 is 0 Å². The second kappa shape index (κ2) is 2.74. The molecule has 1 aromatic carbocycles. The predicted octanol–water partition coefficient (Wildman–Crippen LogP) is 0.207. The van der Waals surface area contributed by atoms with Gasteiger partial charge in [0.15, 0.2) is 11.5 Å². The van der Waals surface area contributed by atoms with Gasteiger partial charge < -0.3 is 25.5 Å². The summed E-state index contributed by atoms with van der Waals surface area (Å²) >= 11 is 0. The molecule has 1 rings (SSSR count). The monoisotopic (exact) mass is 186 g/mol. The lowest BCUT2D eigenvalue weighted by atomic mass is 10.1. The molecule has 0 saturated carbocycles. The van der Waals surface area contributed by atoms with Gasteiger partial charge in [-0.2, -0.15) is 0 Å². The molecule has 0 aliphatic carbocycles. The third-order valence-electron chi connectivity index (χ3n) is 1.46. The van der Waals surface area contributed by atoms with Crippen molar-refractivity contribution in [1.82, 2.24) is 0 Å². The number of phenols is 4. The van der Waals surface area contributed by atoms with Crippen molar-refractivity contribution in [3.8, 4) is 23.0 Å². The zero-order valence-corrected chi connectivity index (χ0v) is 6.22. The van der Waals surface area contributed by atoms with Crippen molar-refractivity contribution in [2.24, 2.45) is 0 Å². The third-order valence-corrected chi connectivity index (χ3v) is 1.46. The number of carboxylic acids is 1. The number of phenolic OH excluding ortho intramolecular Hbond substituents is 3. The van der Waals surface area contributed by atoms with Crippen LogP contribution in [0.4, 0.5) is 0 Å². The predicted molar refractivity (Wildman–Crippen MR) is 40.1 cm³/mol. The number of benzene rings is 1. The van der Waals surface area contributed by atoms with E-state index in [2.05, 4.69) is 0 Å². The summed E-state index contributed by atoms with van der Waals surface area (Å²) in [7, 11) is 0. The van der Waals surface area contributed by atoms with Crippen molar-refractivity contribution >= 4 is 5.97 Å². The Morgan fingerprint density at radius 2 is 1.54 bits per heavy atom. The number of carboxylic acid groups (broad SMARTS) is 1. The Balaban J connectivity index is 3.50. The van der Waals surface area contributed by atoms with E-state index in [0.29, 0.717) is 6.07 Å². The van der Waals surface area contributed by atoms with Crippen LogP contribution in [-0.2, 0) is 0 Å². The largest absolute Gasteiger partial charge is 0.504 e. The van der Waals surface area contributed by atoms with Gasteiger partial charge in [-0.15, -0.1) is 0 Å². The van der Waals surface area contributed by atoms with E-state index >= 15 is 0 Å². The summed E-state index contributed by atoms with van der Waals surface area (Å²) in [6.45, 7) is 0. The van der Waals surface area contributed by atoms with Gasteiger partial charge in [-0.25, -0.2) is 4.79 Å². The van der Waals surface area contributed by atoms with E-state index in [1.807, 2.05) is 0 Å². The van der Waals surface area contributed by atoms with Gasteiger partial charge in [-0.3, -0.25) is 0 Å². The molecule has 6 nitrogen and oxygen atoms in total. The molecule has 0 bridgehead atoms. The Morgan fingerprint density at radius 3 is 2.00 bits per heavy atom. The second-order valence-electron chi connectivity index (χ2n) is 2.29. The highest BCUT2D eigenvalue weighted by atomic mass is 16.4. The van der Waals surface area contributed by atoms with Crippen molar-refractivity contribution in [2.45, 2.75) is 0 Å². The van der Waals surface area contributed by atoms with Crippen LogP contribution in [0.5, 0.6) is 23.0 Å². The molecule has 13 heavy (non-hydrogen) atoms. The van der Waals surface area contributed by atoms with Crippen molar-refractivity contribution in [3.63, 3.8) is 0 Å². The molecule has 0 aliphatic rings. The lowest BCUT2D eigenvalue weighted by Crippen LogP contribution is -1.96. The molecule has 0 atom stereocenters. The molecule has 0 aromatic heterocycles. The van der Waals surface area contributed by atoms with Gasteiger partial charge in [-0.05, 0) is 0 Å². The smallest absolute Gasteiger partial charge is 0.339 e. The van der Waals surface area contributed by atoms with E-state index in [-0.39, 0.29) is 0 Å². The maximum absolute atomic E-state index is 10.4. The lowest BCUT2D eigenvalue weighted by Gasteiger charge is -2.05. The maximum atomic E-state index is 10.4. The van der Waals surface area contributed by atoms with E-state index in [1.54, 1.807) is 0 Å². The van der Waals surface area contributed by atoms with E-state index in [0.717, 1.165) is 0 Å². The average Bonchev–Trinajstić information content (AvgIpc) is 2.07. The zero-order valence-electron chi connectivity index (χ0n) is 6.22. The van der Waals surface area contributed by atoms with Crippen LogP contribution in [0.2, 0.25) is 0 Å². The van der Waals surface area contributed by atoms with Crippen LogP contribution in [0.3, 0.4) is 0 Å². The molecule has 0 saturated heterocycles. The van der Waals surface area contributed by atoms with Gasteiger partial charge in [0.1, 0.15) is 5.56 Å². The number of rotatable bonds is 1. The van der Waals surface area contributed by atoms with Crippen LogP contribution >= 0.6 is 0 Å². The highest BCUT2D eigenvalue weighted by molar-refractivity contribution is 5.93. The standard InChI is InChI=1S/C7H6O6/c8-3-1-2(7(12)13)4(9)6(11)5(3)10/h1,8-11H,(H,12,13). The Kier molecular flexibility index (Phi) is 1.89. The van der Waals surface area contributed by atoms with Crippen LogP contribution in [0.1, 0.15) is 10.4 Å². The summed E-state index contributed by atoms with van der Waals surface area (Å²) in [5, 5.41) is 44.0. The first kappa shape index (κ1) is 8.98. The summed E-state index contributed by atoms with van der Waals surface area (Å²) in [5.41, 5.74) is -0.687. The minimum absolute atomic E-state index is 0.632. The van der Waals surface area contributed by atoms with Gasteiger partial charge in [-0.1, -0.05) is 0 Å². The fourth-order valence-corrected chi connectivity index (χ4v) is 0.797. The zero-order chi connectivity index (χ0) is 10.2. The number of aromatic carboxylic acids is 1. The summed E-state index contributed by atoms with van der Waals surface area (Å²) in [5.74, 6) is -5.33. The van der Waals surface area contributed by atoms with Gasteiger partial charge in [0, 0.05) is 6.07 Å². The summed E-state index contributed by atoms with van der Waals surface area (Å²) < 4.78 is 0. The van der Waals surface area contributed by atoms with E-state index in [4.69, 9.17) is 25.5 Å². The Labute approximate surface area is 71.9 Å². The quantitative estimate of drug-likeness (QED) is 0.316. The molecule has 0 amide bonds. The first-order valence-electron chi connectivity index (χ1n) is 3.15. The van der Waals surface area contributed by atoms with Crippen molar-refractivity contribution in [2.75, 3.05) is 0 Å². The van der Waals surface area contributed by atoms with Gasteiger partial charge >= 0.3 is 5.97 Å². The molecule has 0 unspecified atom stereocenters. The molecule has 0 fully saturated rings. The van der Waals surface area contributed by atoms with Gasteiger partial charge in [0.05, 0.1) is 0 Å². The lowest BCUT2D eigenvalue weighted by molar-refractivity contribution is 0.0692. The Bertz CT molecular complexity index is 370. The van der Waals surface area contributed by atoms with Crippen molar-refractivity contribution in [3.05, 3.63) is 11.6 Å². The molecule has 0 heterocycles. The molecule has 70 valence electrons. The van der Waals surface area contributed by atoms with Crippen LogP contribution in [-0.4, -0.2) is 31.5 Å². The Morgan fingerprint density at radius 1 is 1.00 bits per heavy atom. The molecule has 0 spiro atoms. The summed E-state index contributed by atoms with van der Waals surface area (Å²) in [6.07, 6.45) is 0. The van der Waals surface area contributed by atoms with Crippen molar-refractivity contribution < 1.29 is 30.3 Å².